The molecule has 1 aliphatic rings. The number of nitrogens with one attached hydrogen (secondary N) is 1. The quantitative estimate of drug-likeness (QED) is 0.788. The van der Waals surface area contributed by atoms with Gasteiger partial charge in [0.1, 0.15) is 0 Å². The van der Waals surface area contributed by atoms with Gasteiger partial charge in [-0.15, -0.1) is 0 Å². The number of pyridine rings is 2. The Labute approximate surface area is 133 Å². The van der Waals surface area contributed by atoms with Gasteiger partial charge in [-0.25, -0.2) is 9.78 Å². The predicted octanol–water partition coefficient (Wildman–Crippen LogP) is 3.41. The van der Waals surface area contributed by atoms with E-state index < -0.39 is 6.09 Å². The molecule has 23 heavy (non-hydrogen) atoms. The first-order chi connectivity index (χ1) is 11.3. The van der Waals surface area contributed by atoms with Gasteiger partial charge in [-0.1, -0.05) is 24.3 Å². The molecule has 0 bridgehead atoms. The average molecular weight is 305 g/mol. The fourth-order valence-corrected chi connectivity index (χ4v) is 2.98. The van der Waals surface area contributed by atoms with Gasteiger partial charge in [0.25, 0.3) is 0 Å². The van der Waals surface area contributed by atoms with E-state index in [1.54, 1.807) is 24.5 Å². The fraction of sp³-hybridized carbons (Fsp3) is 0.167. The number of aryl methyl sites for hydroxylation is 1. The van der Waals surface area contributed by atoms with Crippen molar-refractivity contribution in [3.63, 3.8) is 0 Å². The van der Waals surface area contributed by atoms with Crippen LogP contribution in [0.15, 0.2) is 54.9 Å². The van der Waals surface area contributed by atoms with E-state index in [4.69, 9.17) is 4.74 Å². The first-order valence-corrected chi connectivity index (χ1v) is 7.56. The van der Waals surface area contributed by atoms with Crippen LogP contribution in [0, 0.1) is 0 Å². The Balaban J connectivity index is 1.47. The number of hydrogen-bond donors (Lipinski definition) is 1. The SMILES string of the molecule is O=C(NC1CCc2ccccc21)Oc1ccc2cnccc2n1. The molecule has 5 heteroatoms. The topological polar surface area (TPSA) is 64.1 Å². The number of amides is 1. The largest absolute Gasteiger partial charge is 0.414 e. The van der Waals surface area contributed by atoms with E-state index in [1.165, 1.54) is 11.1 Å². The van der Waals surface area contributed by atoms with Gasteiger partial charge in [0.05, 0.1) is 11.6 Å². The van der Waals surface area contributed by atoms with Gasteiger partial charge in [0.2, 0.25) is 5.88 Å². The Morgan fingerprint density at radius 2 is 2.09 bits per heavy atom. The van der Waals surface area contributed by atoms with Crippen LogP contribution in [0.25, 0.3) is 10.9 Å². The summed E-state index contributed by atoms with van der Waals surface area (Å²) in [7, 11) is 0. The summed E-state index contributed by atoms with van der Waals surface area (Å²) in [5.41, 5.74) is 3.20. The van der Waals surface area contributed by atoms with E-state index in [9.17, 15) is 4.79 Å². The summed E-state index contributed by atoms with van der Waals surface area (Å²) in [5, 5.41) is 3.83. The fourth-order valence-electron chi connectivity index (χ4n) is 2.98. The molecule has 5 nitrogen and oxygen atoms in total. The van der Waals surface area contributed by atoms with Crippen molar-refractivity contribution >= 4 is 17.0 Å². The molecule has 0 radical (unpaired) electrons. The molecule has 2 aromatic heterocycles. The Bertz CT molecular complexity index is 879. The van der Waals surface area contributed by atoms with E-state index in [0.29, 0.717) is 0 Å². The molecule has 0 fully saturated rings. The third kappa shape index (κ3) is 2.73. The number of carbonyl (C=O) groups is 1. The minimum absolute atomic E-state index is 0.00311. The van der Waals surface area contributed by atoms with Gasteiger partial charge in [-0.3, -0.25) is 4.98 Å². The molecule has 1 N–H and O–H groups in total. The smallest absolute Gasteiger partial charge is 0.391 e. The summed E-state index contributed by atoms with van der Waals surface area (Å²) in [4.78, 5) is 20.5. The molecule has 1 aromatic carbocycles. The summed E-state index contributed by atoms with van der Waals surface area (Å²) in [6.07, 6.45) is 4.77. The minimum atomic E-state index is -0.479. The standard InChI is InChI=1S/C18H15N3O2/c22-18(21-16-7-5-12-3-1-2-4-14(12)16)23-17-8-6-13-11-19-10-9-15(13)20-17/h1-4,6,8-11,16H,5,7H2,(H,21,22). The third-order valence-corrected chi connectivity index (χ3v) is 4.09. The number of fused-ring (bicyclic) bond motifs is 2. The second-order valence-corrected chi connectivity index (χ2v) is 5.54. The summed E-state index contributed by atoms with van der Waals surface area (Å²) >= 11 is 0. The molecule has 0 saturated heterocycles. The lowest BCUT2D eigenvalue weighted by Crippen LogP contribution is -2.30. The lowest BCUT2D eigenvalue weighted by molar-refractivity contribution is 0.194. The highest BCUT2D eigenvalue weighted by atomic mass is 16.6. The summed E-state index contributed by atoms with van der Waals surface area (Å²) < 4.78 is 5.32. The van der Waals surface area contributed by atoms with Crippen LogP contribution in [0.4, 0.5) is 4.79 Å². The zero-order chi connectivity index (χ0) is 15.6. The molecular formula is C18H15N3O2. The zero-order valence-corrected chi connectivity index (χ0v) is 12.4. The molecule has 1 atom stereocenters. The summed E-state index contributed by atoms with van der Waals surface area (Å²) in [5.74, 6) is 0.285. The number of aromatic nitrogens is 2. The number of rotatable bonds is 2. The van der Waals surface area contributed by atoms with Crippen LogP contribution >= 0.6 is 0 Å². The van der Waals surface area contributed by atoms with Crippen LogP contribution in [0.3, 0.4) is 0 Å². The van der Waals surface area contributed by atoms with Crippen molar-refractivity contribution in [2.24, 2.45) is 0 Å². The van der Waals surface area contributed by atoms with Crippen LogP contribution in [0.5, 0.6) is 5.88 Å². The number of nitrogens with zero attached hydrogens (tertiary/aromatic N) is 2. The number of ether oxygens (including phenoxy) is 1. The first-order valence-electron chi connectivity index (χ1n) is 7.56. The molecule has 1 unspecified atom stereocenters. The average Bonchev–Trinajstić information content (AvgIpc) is 2.98. The molecule has 4 rings (SSSR count). The first kappa shape index (κ1) is 13.7. The van der Waals surface area contributed by atoms with Crippen molar-refractivity contribution in [3.05, 3.63) is 66.0 Å². The second kappa shape index (κ2) is 5.68. The molecule has 3 aromatic rings. The second-order valence-electron chi connectivity index (χ2n) is 5.54. The molecule has 114 valence electrons. The van der Waals surface area contributed by atoms with Crippen molar-refractivity contribution in [3.8, 4) is 5.88 Å². The van der Waals surface area contributed by atoms with Gasteiger partial charge in [-0.2, -0.15) is 0 Å². The number of benzene rings is 1. The molecular weight excluding hydrogens is 290 g/mol. The van der Waals surface area contributed by atoms with Crippen LogP contribution in [0.1, 0.15) is 23.6 Å². The van der Waals surface area contributed by atoms with Gasteiger partial charge in [-0.05, 0) is 36.1 Å². The summed E-state index contributed by atoms with van der Waals surface area (Å²) in [6, 6.07) is 13.5. The predicted molar refractivity (Wildman–Crippen MR) is 86.2 cm³/mol. The van der Waals surface area contributed by atoms with E-state index >= 15 is 0 Å². The molecule has 0 saturated carbocycles. The van der Waals surface area contributed by atoms with Gasteiger partial charge >= 0.3 is 6.09 Å². The molecule has 1 aliphatic carbocycles. The van der Waals surface area contributed by atoms with E-state index in [2.05, 4.69) is 27.4 Å². The molecule has 0 aliphatic heterocycles. The summed E-state index contributed by atoms with van der Waals surface area (Å²) in [6.45, 7) is 0. The maximum absolute atomic E-state index is 12.1. The van der Waals surface area contributed by atoms with Gasteiger partial charge in [0, 0.05) is 23.8 Å². The number of hydrogen-bond acceptors (Lipinski definition) is 4. The Morgan fingerprint density at radius 3 is 3.04 bits per heavy atom. The van der Waals surface area contributed by atoms with Crippen molar-refractivity contribution in [1.82, 2.24) is 15.3 Å². The van der Waals surface area contributed by atoms with Crippen molar-refractivity contribution in [2.75, 3.05) is 0 Å². The van der Waals surface area contributed by atoms with Crippen LogP contribution in [-0.4, -0.2) is 16.1 Å². The van der Waals surface area contributed by atoms with E-state index in [-0.39, 0.29) is 11.9 Å². The highest BCUT2D eigenvalue weighted by molar-refractivity contribution is 5.78. The third-order valence-electron chi connectivity index (χ3n) is 4.09. The Kier molecular flexibility index (Phi) is 3.38. The molecule has 1 amide bonds. The van der Waals surface area contributed by atoms with Crippen molar-refractivity contribution < 1.29 is 9.53 Å². The van der Waals surface area contributed by atoms with Crippen molar-refractivity contribution in [2.45, 2.75) is 18.9 Å². The normalized spacial score (nSPS) is 16.1. The maximum Gasteiger partial charge on any atom is 0.414 e. The Hall–Kier alpha value is -2.95. The van der Waals surface area contributed by atoms with Crippen LogP contribution < -0.4 is 10.1 Å². The van der Waals surface area contributed by atoms with Crippen molar-refractivity contribution in [1.29, 1.82) is 0 Å². The minimum Gasteiger partial charge on any atom is -0.391 e. The van der Waals surface area contributed by atoms with Crippen LogP contribution in [0.2, 0.25) is 0 Å². The zero-order valence-electron chi connectivity index (χ0n) is 12.4. The van der Waals surface area contributed by atoms with Crippen LogP contribution in [-0.2, 0) is 6.42 Å². The molecule has 0 spiro atoms. The lowest BCUT2D eigenvalue weighted by Gasteiger charge is -2.13. The van der Waals surface area contributed by atoms with Gasteiger partial charge in [0.15, 0.2) is 0 Å². The highest BCUT2D eigenvalue weighted by Gasteiger charge is 2.24. The monoisotopic (exact) mass is 305 g/mol. The number of carbonyl (C=O) groups excluding carboxylic acids is 1. The Morgan fingerprint density at radius 1 is 1.17 bits per heavy atom. The highest BCUT2D eigenvalue weighted by Crippen LogP contribution is 2.30. The van der Waals surface area contributed by atoms with E-state index in [0.717, 1.165) is 23.7 Å². The van der Waals surface area contributed by atoms with Gasteiger partial charge < -0.3 is 10.1 Å². The molecule has 2 heterocycles. The lowest BCUT2D eigenvalue weighted by atomic mass is 10.1. The van der Waals surface area contributed by atoms with E-state index in [1.807, 2.05) is 18.2 Å². The maximum atomic E-state index is 12.1.